The molecule has 3 rings (SSSR count). The highest BCUT2D eigenvalue weighted by molar-refractivity contribution is 7.91. The van der Waals surface area contributed by atoms with Crippen LogP contribution in [0.3, 0.4) is 0 Å². The Balaban J connectivity index is 2.03. The zero-order valence-electron chi connectivity index (χ0n) is 15.9. The van der Waals surface area contributed by atoms with Crippen LogP contribution in [0.1, 0.15) is 13.3 Å². The Labute approximate surface area is 179 Å². The summed E-state index contributed by atoms with van der Waals surface area (Å²) in [6, 6.07) is 12.4. The van der Waals surface area contributed by atoms with E-state index < -0.39 is 20.7 Å². The highest BCUT2D eigenvalue weighted by Gasteiger charge is 2.29. The number of benzene rings is 2. The van der Waals surface area contributed by atoms with Crippen molar-refractivity contribution in [2.24, 2.45) is 0 Å². The molecule has 0 aliphatic carbocycles. The van der Waals surface area contributed by atoms with E-state index in [1.165, 1.54) is 37.5 Å². The second-order valence-electron chi connectivity index (χ2n) is 6.73. The molecule has 0 radical (unpaired) electrons. The molecule has 1 atom stereocenters. The van der Waals surface area contributed by atoms with Gasteiger partial charge in [0.25, 0.3) is 0 Å². The van der Waals surface area contributed by atoms with E-state index in [-0.39, 0.29) is 22.7 Å². The third-order valence-corrected chi connectivity index (χ3v) is 6.26. The second kappa shape index (κ2) is 8.39. The molecule has 0 saturated carbocycles. The number of hydrogen-bond acceptors (Lipinski definition) is 7. The summed E-state index contributed by atoms with van der Waals surface area (Å²) in [6.45, 7) is 1.49. The number of nitrogens with two attached hydrogens (primary N) is 1. The van der Waals surface area contributed by atoms with E-state index >= 15 is 0 Å². The molecular weight excluding hydrogens is 425 g/mol. The number of nitrogen functional groups attached to an aromatic ring is 1. The van der Waals surface area contributed by atoms with E-state index in [9.17, 15) is 12.8 Å². The average molecular weight is 444 g/mol. The van der Waals surface area contributed by atoms with Gasteiger partial charge in [0.1, 0.15) is 11.6 Å². The van der Waals surface area contributed by atoms with Gasteiger partial charge >= 0.3 is 0 Å². The number of aromatic nitrogens is 2. The molecule has 0 saturated heterocycles. The van der Waals surface area contributed by atoms with Crippen molar-refractivity contribution in [2.45, 2.75) is 23.1 Å². The van der Waals surface area contributed by atoms with Gasteiger partial charge in [-0.3, -0.25) is 4.98 Å². The largest absolute Gasteiger partial charge is 0.382 e. The Hall–Kier alpha value is -3.00. The Morgan fingerprint density at radius 3 is 2.57 bits per heavy atom. The molecule has 2 aromatic carbocycles. The molecule has 3 N–H and O–H groups in total. The number of nitrogens with zero attached hydrogens (tertiary/aromatic N) is 3. The van der Waals surface area contributed by atoms with Crippen molar-refractivity contribution in [2.75, 3.05) is 5.73 Å². The Morgan fingerprint density at radius 1 is 1.20 bits per heavy atom. The van der Waals surface area contributed by atoms with E-state index in [2.05, 4.69) is 27.3 Å². The number of thiol groups is 1. The van der Waals surface area contributed by atoms with E-state index in [1.807, 2.05) is 6.07 Å². The zero-order valence-corrected chi connectivity index (χ0v) is 17.6. The van der Waals surface area contributed by atoms with Crippen LogP contribution < -0.4 is 10.5 Å². The first-order valence-corrected chi connectivity index (χ1v) is 10.7. The van der Waals surface area contributed by atoms with Crippen LogP contribution in [-0.2, 0) is 10.0 Å². The normalized spacial score (nSPS) is 13.4. The van der Waals surface area contributed by atoms with Gasteiger partial charge in [-0.2, -0.15) is 22.6 Å². The average Bonchev–Trinajstić information content (AvgIpc) is 2.68. The van der Waals surface area contributed by atoms with Gasteiger partial charge in [-0.05, 0) is 30.7 Å². The van der Waals surface area contributed by atoms with Gasteiger partial charge in [-0.25, -0.2) is 17.8 Å². The van der Waals surface area contributed by atoms with Crippen LogP contribution in [0.5, 0.6) is 0 Å². The van der Waals surface area contributed by atoms with Gasteiger partial charge in [-0.15, -0.1) is 0 Å². The van der Waals surface area contributed by atoms with E-state index in [4.69, 9.17) is 11.0 Å². The summed E-state index contributed by atoms with van der Waals surface area (Å²) >= 11 is 4.21. The molecule has 0 aliphatic heterocycles. The molecule has 0 spiro atoms. The summed E-state index contributed by atoms with van der Waals surface area (Å²) in [5.74, 6) is -0.370. The number of rotatable bonds is 6. The molecular formula is C20H18FN5O2S2. The molecule has 30 heavy (non-hydrogen) atoms. The van der Waals surface area contributed by atoms with Gasteiger partial charge in [0.15, 0.2) is 0 Å². The monoisotopic (exact) mass is 443 g/mol. The van der Waals surface area contributed by atoms with Gasteiger partial charge < -0.3 is 5.73 Å². The van der Waals surface area contributed by atoms with Crippen LogP contribution >= 0.6 is 12.6 Å². The lowest BCUT2D eigenvalue weighted by molar-refractivity contribution is 0.549. The maximum absolute atomic E-state index is 14.8. The van der Waals surface area contributed by atoms with Crippen molar-refractivity contribution in [3.8, 4) is 28.5 Å². The van der Waals surface area contributed by atoms with Crippen LogP contribution in [0.4, 0.5) is 10.2 Å². The summed E-state index contributed by atoms with van der Waals surface area (Å²) in [5.41, 5.74) is 6.69. The van der Waals surface area contributed by atoms with Crippen molar-refractivity contribution in [3.05, 3.63) is 60.7 Å². The molecule has 0 bridgehead atoms. The first kappa shape index (κ1) is 21.7. The third-order valence-electron chi connectivity index (χ3n) is 4.18. The summed E-state index contributed by atoms with van der Waals surface area (Å²) in [6.07, 6.45) is 2.55. The predicted molar refractivity (Wildman–Crippen MR) is 115 cm³/mol. The van der Waals surface area contributed by atoms with Crippen LogP contribution in [0, 0.1) is 17.1 Å². The van der Waals surface area contributed by atoms with Crippen LogP contribution in [-0.4, -0.2) is 23.3 Å². The topological polar surface area (TPSA) is 122 Å². The molecule has 7 nitrogen and oxygen atoms in total. The molecule has 3 aromatic rings. The third kappa shape index (κ3) is 4.76. The maximum atomic E-state index is 14.8. The molecule has 154 valence electrons. The summed E-state index contributed by atoms with van der Waals surface area (Å²) in [5, 5.41) is 8.88. The van der Waals surface area contributed by atoms with Crippen molar-refractivity contribution in [1.82, 2.24) is 14.7 Å². The fourth-order valence-corrected chi connectivity index (χ4v) is 4.77. The highest BCUT2D eigenvalue weighted by Crippen LogP contribution is 2.32. The Kier molecular flexibility index (Phi) is 6.07. The van der Waals surface area contributed by atoms with Crippen LogP contribution in [0.25, 0.3) is 22.4 Å². The molecule has 0 amide bonds. The minimum absolute atomic E-state index is 0.0531. The van der Waals surface area contributed by atoms with Gasteiger partial charge in [-0.1, -0.05) is 24.3 Å². The molecule has 1 aromatic heterocycles. The standard InChI is InChI=1S/C20H18FN5O2S2/c1-20(29,8-9-22)26-30(27,28)18-5-3-2-4-14(18)13-6-7-15(16(21)10-13)17-11-25-19(23)12-24-17/h2-7,10-12,26,29H,8H2,1H3,(H2,23,25)/t20-/m0/s1. The minimum Gasteiger partial charge on any atom is -0.382 e. The SMILES string of the molecule is C[C@](S)(CC#N)NS(=O)(=O)c1ccccc1-c1ccc(-c2cnc(N)cn2)c(F)c1. The Bertz CT molecular complexity index is 1220. The number of anilines is 1. The fraction of sp³-hybridized carbons (Fsp3) is 0.150. The van der Waals surface area contributed by atoms with Gasteiger partial charge in [0.05, 0.1) is 40.3 Å². The lowest BCUT2D eigenvalue weighted by Crippen LogP contribution is -2.41. The zero-order chi connectivity index (χ0) is 21.9. The number of halogens is 1. The number of nitrogens with one attached hydrogen (secondary N) is 1. The van der Waals surface area contributed by atoms with Crippen molar-refractivity contribution in [1.29, 1.82) is 5.26 Å². The molecule has 0 unspecified atom stereocenters. The number of nitriles is 1. The van der Waals surface area contributed by atoms with Gasteiger partial charge in [0, 0.05) is 11.1 Å². The van der Waals surface area contributed by atoms with E-state index in [1.54, 1.807) is 24.3 Å². The lowest BCUT2D eigenvalue weighted by atomic mass is 10.0. The fourth-order valence-electron chi connectivity index (χ4n) is 2.84. The van der Waals surface area contributed by atoms with Crippen LogP contribution in [0.15, 0.2) is 59.8 Å². The lowest BCUT2D eigenvalue weighted by Gasteiger charge is -2.23. The van der Waals surface area contributed by atoms with E-state index in [0.29, 0.717) is 16.8 Å². The number of hydrogen-bond donors (Lipinski definition) is 3. The van der Waals surface area contributed by atoms with Crippen molar-refractivity contribution < 1.29 is 12.8 Å². The summed E-state index contributed by atoms with van der Waals surface area (Å²) in [4.78, 5) is 6.65. The van der Waals surface area contributed by atoms with Crippen molar-refractivity contribution >= 4 is 28.5 Å². The minimum atomic E-state index is -4.04. The molecule has 0 aliphatic rings. The predicted octanol–water partition coefficient (Wildman–Crippen LogP) is 3.37. The van der Waals surface area contributed by atoms with E-state index in [0.717, 1.165) is 0 Å². The first-order chi connectivity index (χ1) is 14.1. The molecule has 0 fully saturated rings. The van der Waals surface area contributed by atoms with Crippen LogP contribution in [0.2, 0.25) is 0 Å². The highest BCUT2D eigenvalue weighted by atomic mass is 32.2. The second-order valence-corrected chi connectivity index (χ2v) is 9.37. The number of sulfonamides is 1. The maximum Gasteiger partial charge on any atom is 0.242 e. The Morgan fingerprint density at radius 2 is 1.93 bits per heavy atom. The first-order valence-electron chi connectivity index (χ1n) is 8.73. The smallest absolute Gasteiger partial charge is 0.242 e. The van der Waals surface area contributed by atoms with Gasteiger partial charge in [0.2, 0.25) is 10.0 Å². The van der Waals surface area contributed by atoms with Crippen molar-refractivity contribution in [3.63, 3.8) is 0 Å². The summed E-state index contributed by atoms with van der Waals surface area (Å²) in [7, 11) is -4.04. The molecule has 10 heteroatoms. The quantitative estimate of drug-likeness (QED) is 0.397. The molecule has 1 heterocycles. The summed E-state index contributed by atoms with van der Waals surface area (Å²) < 4.78 is 43.1.